The molecular formula is C19H22N2O5. The zero-order valence-electron chi connectivity index (χ0n) is 15.2. The zero-order chi connectivity index (χ0) is 19.3. The quantitative estimate of drug-likeness (QED) is 0.788. The van der Waals surface area contributed by atoms with E-state index in [2.05, 4.69) is 5.32 Å². The molecule has 2 aromatic rings. The predicted octanol–water partition coefficient (Wildman–Crippen LogP) is 1.98. The van der Waals surface area contributed by atoms with Gasteiger partial charge in [0.05, 0.1) is 21.3 Å². The van der Waals surface area contributed by atoms with Gasteiger partial charge in [-0.15, -0.1) is 0 Å². The lowest BCUT2D eigenvalue weighted by Gasteiger charge is -2.14. The molecule has 2 rings (SSSR count). The monoisotopic (exact) mass is 358 g/mol. The standard InChI is InChI=1S/C19H22N2O5/c1-11(18(20)22)21-19(23)13-7-5-12(6-8-13)14-9-15(24-2)17(26-4)16(10-14)25-3/h5-11H,1-4H3,(H2,20,22)(H,21,23)/t11-/m0/s1. The number of primary amides is 1. The SMILES string of the molecule is COc1cc(-c2ccc(C(=O)N[C@@H](C)C(N)=O)cc2)cc(OC)c1OC. The molecule has 2 amide bonds. The molecule has 0 aliphatic rings. The van der Waals surface area contributed by atoms with Gasteiger partial charge in [0.25, 0.3) is 5.91 Å². The average molecular weight is 358 g/mol. The molecule has 0 fully saturated rings. The first-order valence-electron chi connectivity index (χ1n) is 7.91. The van der Waals surface area contributed by atoms with Crippen molar-refractivity contribution in [3.8, 4) is 28.4 Å². The first kappa shape index (κ1) is 19.1. The zero-order valence-corrected chi connectivity index (χ0v) is 15.2. The summed E-state index contributed by atoms with van der Waals surface area (Å²) in [7, 11) is 4.64. The van der Waals surface area contributed by atoms with Crippen molar-refractivity contribution in [2.75, 3.05) is 21.3 Å². The first-order chi connectivity index (χ1) is 12.4. The number of hydrogen-bond acceptors (Lipinski definition) is 5. The second-order valence-electron chi connectivity index (χ2n) is 5.59. The van der Waals surface area contributed by atoms with E-state index >= 15 is 0 Å². The summed E-state index contributed by atoms with van der Waals surface area (Å²) in [5, 5.41) is 2.54. The Hall–Kier alpha value is -3.22. The van der Waals surface area contributed by atoms with E-state index in [9.17, 15) is 9.59 Å². The summed E-state index contributed by atoms with van der Waals surface area (Å²) >= 11 is 0. The van der Waals surface area contributed by atoms with E-state index in [1.54, 1.807) is 45.6 Å². The van der Waals surface area contributed by atoms with Gasteiger partial charge in [0.2, 0.25) is 11.7 Å². The number of hydrogen-bond donors (Lipinski definition) is 2. The van der Waals surface area contributed by atoms with E-state index < -0.39 is 11.9 Å². The Kier molecular flexibility index (Phi) is 6.06. The molecule has 138 valence electrons. The highest BCUT2D eigenvalue weighted by Crippen LogP contribution is 2.41. The Balaban J connectivity index is 2.31. The molecule has 0 radical (unpaired) electrons. The fourth-order valence-electron chi connectivity index (χ4n) is 2.41. The lowest BCUT2D eigenvalue weighted by molar-refractivity contribution is -0.119. The predicted molar refractivity (Wildman–Crippen MR) is 97.7 cm³/mol. The van der Waals surface area contributed by atoms with Crippen LogP contribution in [-0.2, 0) is 4.79 Å². The molecule has 0 heterocycles. The van der Waals surface area contributed by atoms with Crippen molar-refractivity contribution < 1.29 is 23.8 Å². The van der Waals surface area contributed by atoms with Crippen LogP contribution in [0.3, 0.4) is 0 Å². The maximum absolute atomic E-state index is 12.1. The van der Waals surface area contributed by atoms with Crippen LogP contribution in [0.1, 0.15) is 17.3 Å². The molecular weight excluding hydrogens is 336 g/mol. The van der Waals surface area contributed by atoms with Crippen molar-refractivity contribution in [3.63, 3.8) is 0 Å². The smallest absolute Gasteiger partial charge is 0.251 e. The maximum Gasteiger partial charge on any atom is 0.251 e. The normalized spacial score (nSPS) is 11.4. The van der Waals surface area contributed by atoms with Crippen molar-refractivity contribution in [3.05, 3.63) is 42.0 Å². The van der Waals surface area contributed by atoms with Gasteiger partial charge in [-0.05, 0) is 42.3 Å². The molecule has 0 spiro atoms. The third-order valence-corrected chi connectivity index (χ3v) is 3.92. The Morgan fingerprint density at radius 1 is 0.923 bits per heavy atom. The summed E-state index contributed by atoms with van der Waals surface area (Å²) < 4.78 is 16.0. The summed E-state index contributed by atoms with van der Waals surface area (Å²) in [5.41, 5.74) is 7.29. The molecule has 0 aromatic heterocycles. The van der Waals surface area contributed by atoms with Gasteiger partial charge in [-0.2, -0.15) is 0 Å². The van der Waals surface area contributed by atoms with Gasteiger partial charge in [0, 0.05) is 5.56 Å². The number of rotatable bonds is 7. The molecule has 0 saturated carbocycles. The van der Waals surface area contributed by atoms with Gasteiger partial charge in [-0.25, -0.2) is 0 Å². The third-order valence-electron chi connectivity index (χ3n) is 3.92. The number of benzene rings is 2. The Bertz CT molecular complexity index is 777. The summed E-state index contributed by atoms with van der Waals surface area (Å²) in [6.45, 7) is 1.53. The van der Waals surface area contributed by atoms with Crippen LogP contribution in [0.2, 0.25) is 0 Å². The van der Waals surface area contributed by atoms with Crippen molar-refractivity contribution in [2.24, 2.45) is 5.73 Å². The number of ether oxygens (including phenoxy) is 3. The molecule has 26 heavy (non-hydrogen) atoms. The molecule has 0 aliphatic heterocycles. The number of methoxy groups -OCH3 is 3. The van der Waals surface area contributed by atoms with Gasteiger partial charge in [-0.3, -0.25) is 9.59 Å². The van der Waals surface area contributed by atoms with Gasteiger partial charge < -0.3 is 25.3 Å². The highest BCUT2D eigenvalue weighted by molar-refractivity contribution is 5.97. The van der Waals surface area contributed by atoms with Gasteiger partial charge >= 0.3 is 0 Å². The Morgan fingerprint density at radius 3 is 1.88 bits per heavy atom. The summed E-state index contributed by atoms with van der Waals surface area (Å²) in [4.78, 5) is 23.2. The molecule has 7 nitrogen and oxygen atoms in total. The van der Waals surface area contributed by atoms with E-state index in [-0.39, 0.29) is 5.91 Å². The number of carbonyl (C=O) groups excluding carboxylic acids is 2. The van der Waals surface area contributed by atoms with Crippen molar-refractivity contribution in [1.29, 1.82) is 0 Å². The van der Waals surface area contributed by atoms with E-state index in [1.165, 1.54) is 6.92 Å². The van der Waals surface area contributed by atoms with Crippen LogP contribution in [0.25, 0.3) is 11.1 Å². The molecule has 7 heteroatoms. The van der Waals surface area contributed by atoms with E-state index in [1.807, 2.05) is 12.1 Å². The molecule has 0 unspecified atom stereocenters. The number of nitrogens with one attached hydrogen (secondary N) is 1. The average Bonchev–Trinajstić information content (AvgIpc) is 2.66. The van der Waals surface area contributed by atoms with Crippen molar-refractivity contribution in [1.82, 2.24) is 5.32 Å². The third kappa shape index (κ3) is 4.05. The van der Waals surface area contributed by atoms with Crippen LogP contribution in [0.5, 0.6) is 17.2 Å². The number of nitrogens with two attached hydrogens (primary N) is 1. The molecule has 2 aromatic carbocycles. The fourth-order valence-corrected chi connectivity index (χ4v) is 2.41. The molecule has 0 saturated heterocycles. The van der Waals surface area contributed by atoms with Crippen molar-refractivity contribution >= 4 is 11.8 Å². The van der Waals surface area contributed by atoms with Crippen LogP contribution in [0.4, 0.5) is 0 Å². The summed E-state index contributed by atoms with van der Waals surface area (Å²) in [5.74, 6) is 0.633. The minimum absolute atomic E-state index is 0.368. The van der Waals surface area contributed by atoms with Crippen LogP contribution >= 0.6 is 0 Å². The van der Waals surface area contributed by atoms with Crippen molar-refractivity contribution in [2.45, 2.75) is 13.0 Å². The van der Waals surface area contributed by atoms with Crippen LogP contribution in [0.15, 0.2) is 36.4 Å². The molecule has 0 aliphatic carbocycles. The van der Waals surface area contributed by atoms with Gasteiger partial charge in [-0.1, -0.05) is 12.1 Å². The Morgan fingerprint density at radius 2 is 1.46 bits per heavy atom. The topological polar surface area (TPSA) is 99.9 Å². The van der Waals surface area contributed by atoms with Crippen LogP contribution in [-0.4, -0.2) is 39.2 Å². The first-order valence-corrected chi connectivity index (χ1v) is 7.91. The summed E-state index contributed by atoms with van der Waals surface area (Å²) in [6, 6.07) is 9.84. The van der Waals surface area contributed by atoms with E-state index in [0.29, 0.717) is 22.8 Å². The van der Waals surface area contributed by atoms with Crippen LogP contribution in [0, 0.1) is 0 Å². The lowest BCUT2D eigenvalue weighted by atomic mass is 10.0. The highest BCUT2D eigenvalue weighted by atomic mass is 16.5. The lowest BCUT2D eigenvalue weighted by Crippen LogP contribution is -2.42. The van der Waals surface area contributed by atoms with Gasteiger partial charge in [0.15, 0.2) is 11.5 Å². The van der Waals surface area contributed by atoms with E-state index in [4.69, 9.17) is 19.9 Å². The fraction of sp³-hybridized carbons (Fsp3) is 0.263. The summed E-state index contributed by atoms with van der Waals surface area (Å²) in [6.07, 6.45) is 0. The largest absolute Gasteiger partial charge is 0.493 e. The second kappa shape index (κ2) is 8.24. The number of amides is 2. The molecule has 1 atom stereocenters. The van der Waals surface area contributed by atoms with E-state index in [0.717, 1.165) is 11.1 Å². The second-order valence-corrected chi connectivity index (χ2v) is 5.59. The van der Waals surface area contributed by atoms with Crippen LogP contribution < -0.4 is 25.3 Å². The van der Waals surface area contributed by atoms with Gasteiger partial charge in [0.1, 0.15) is 6.04 Å². The highest BCUT2D eigenvalue weighted by Gasteiger charge is 2.16. The maximum atomic E-state index is 12.1. The molecule has 0 bridgehead atoms. The minimum Gasteiger partial charge on any atom is -0.493 e. The number of carbonyl (C=O) groups is 2. The minimum atomic E-state index is -0.739. The molecule has 3 N–H and O–H groups in total. The Labute approximate surface area is 152 Å².